The minimum Gasteiger partial charge on any atom is -0.308 e. The molecule has 3 nitrogen and oxygen atoms in total. The molecule has 1 aromatic heterocycles. The van der Waals surface area contributed by atoms with Gasteiger partial charge in [0.05, 0.1) is 17.0 Å². The average Bonchev–Trinajstić information content (AvgIpc) is 2.94. The lowest BCUT2D eigenvalue weighted by Gasteiger charge is -2.15. The summed E-state index contributed by atoms with van der Waals surface area (Å²) in [5.41, 5.74) is 0.130. The van der Waals surface area contributed by atoms with E-state index in [0.29, 0.717) is 6.04 Å². The van der Waals surface area contributed by atoms with Crippen LogP contribution in [0.2, 0.25) is 0 Å². The summed E-state index contributed by atoms with van der Waals surface area (Å²) in [6, 6.07) is 2.78. The van der Waals surface area contributed by atoms with Crippen LogP contribution in [-0.2, 0) is 12.0 Å². The molecule has 4 heteroatoms. The summed E-state index contributed by atoms with van der Waals surface area (Å²) in [5.74, 6) is 0.194. The van der Waals surface area contributed by atoms with E-state index in [1.54, 1.807) is 11.3 Å². The number of hydrogen-bond acceptors (Lipinski definition) is 4. The Hall–Kier alpha value is -0.920. The number of nitriles is 1. The first kappa shape index (κ1) is 13.5. The third-order valence-corrected chi connectivity index (χ3v) is 4.84. The second-order valence-corrected chi connectivity index (χ2v) is 7.15. The summed E-state index contributed by atoms with van der Waals surface area (Å²) >= 11 is 1.78. The molecule has 2 atom stereocenters. The zero-order valence-electron chi connectivity index (χ0n) is 11.4. The van der Waals surface area contributed by atoms with E-state index in [9.17, 15) is 0 Å². The van der Waals surface area contributed by atoms with E-state index in [0.717, 1.165) is 19.4 Å². The number of nitrogens with zero attached hydrogens (tertiary/aromatic N) is 2. The van der Waals surface area contributed by atoms with Crippen molar-refractivity contribution in [2.45, 2.75) is 58.0 Å². The van der Waals surface area contributed by atoms with Crippen molar-refractivity contribution in [3.05, 3.63) is 16.1 Å². The van der Waals surface area contributed by atoms with Crippen molar-refractivity contribution in [2.24, 2.45) is 5.92 Å². The molecule has 1 fully saturated rings. The fraction of sp³-hybridized carbons (Fsp3) is 0.714. The molecule has 18 heavy (non-hydrogen) atoms. The van der Waals surface area contributed by atoms with Gasteiger partial charge in [-0.15, -0.1) is 11.3 Å². The molecule has 1 saturated carbocycles. The Morgan fingerprint density at radius 1 is 1.50 bits per heavy atom. The second-order valence-electron chi connectivity index (χ2n) is 6.04. The largest absolute Gasteiger partial charge is 0.308 e. The van der Waals surface area contributed by atoms with Gasteiger partial charge in [-0.3, -0.25) is 0 Å². The van der Waals surface area contributed by atoms with Gasteiger partial charge in [0.1, 0.15) is 0 Å². The molecule has 0 spiro atoms. The number of nitrogens with one attached hydrogen (secondary N) is 1. The van der Waals surface area contributed by atoms with Gasteiger partial charge in [-0.25, -0.2) is 4.98 Å². The Morgan fingerprint density at radius 3 is 2.89 bits per heavy atom. The maximum absolute atomic E-state index is 9.04. The van der Waals surface area contributed by atoms with E-state index < -0.39 is 0 Å². The lowest BCUT2D eigenvalue weighted by molar-refractivity contribution is 0.466. The molecule has 0 aliphatic heterocycles. The number of hydrogen-bond donors (Lipinski definition) is 1. The molecule has 1 aliphatic rings. The van der Waals surface area contributed by atoms with Crippen molar-refractivity contribution in [3.8, 4) is 6.07 Å². The van der Waals surface area contributed by atoms with Crippen molar-refractivity contribution >= 4 is 11.3 Å². The number of rotatable bonds is 3. The third kappa shape index (κ3) is 3.09. The van der Waals surface area contributed by atoms with Gasteiger partial charge in [-0.05, 0) is 12.8 Å². The molecule has 2 rings (SSSR count). The van der Waals surface area contributed by atoms with E-state index >= 15 is 0 Å². The Bertz CT molecular complexity index is 439. The molecule has 0 bridgehead atoms. The van der Waals surface area contributed by atoms with Crippen LogP contribution < -0.4 is 5.32 Å². The molecule has 1 aliphatic carbocycles. The summed E-state index contributed by atoms with van der Waals surface area (Å²) in [6.45, 7) is 7.40. The van der Waals surface area contributed by atoms with Gasteiger partial charge in [0.25, 0.3) is 0 Å². The average molecular weight is 263 g/mol. The molecule has 98 valence electrons. The summed E-state index contributed by atoms with van der Waals surface area (Å²) < 4.78 is 0. The lowest BCUT2D eigenvalue weighted by atomic mass is 9.98. The predicted molar refractivity (Wildman–Crippen MR) is 74.4 cm³/mol. The van der Waals surface area contributed by atoms with Gasteiger partial charge < -0.3 is 5.32 Å². The quantitative estimate of drug-likeness (QED) is 0.911. The molecule has 0 saturated heterocycles. The standard InChI is InChI=1S/C14H21N3S/c1-14(2,3)13-17-9-11(18-13)8-16-12-6-4-5-10(12)7-15/h9-10,12,16H,4-6,8H2,1-3H3. The molecule has 0 aromatic carbocycles. The smallest absolute Gasteiger partial charge is 0.0981 e. The first-order valence-electron chi connectivity index (χ1n) is 6.59. The van der Waals surface area contributed by atoms with Crippen LogP contribution in [0.25, 0.3) is 0 Å². The van der Waals surface area contributed by atoms with Crippen LogP contribution in [0.5, 0.6) is 0 Å². The normalized spacial score (nSPS) is 24.1. The van der Waals surface area contributed by atoms with E-state index in [2.05, 4.69) is 37.1 Å². The van der Waals surface area contributed by atoms with Gasteiger partial charge in [-0.1, -0.05) is 27.2 Å². The topological polar surface area (TPSA) is 48.7 Å². The Morgan fingerprint density at radius 2 is 2.28 bits per heavy atom. The van der Waals surface area contributed by atoms with Gasteiger partial charge >= 0.3 is 0 Å². The molecule has 1 N–H and O–H groups in total. The molecule has 0 amide bonds. The van der Waals surface area contributed by atoms with Crippen LogP contribution in [0.15, 0.2) is 6.20 Å². The monoisotopic (exact) mass is 263 g/mol. The molecule has 2 unspecified atom stereocenters. The summed E-state index contributed by atoms with van der Waals surface area (Å²) in [7, 11) is 0. The van der Waals surface area contributed by atoms with E-state index in [4.69, 9.17) is 5.26 Å². The van der Waals surface area contributed by atoms with Gasteiger partial charge in [0, 0.05) is 29.1 Å². The molecule has 1 heterocycles. The fourth-order valence-electron chi connectivity index (χ4n) is 2.33. The van der Waals surface area contributed by atoms with Crippen LogP contribution in [0.1, 0.15) is 49.9 Å². The van der Waals surface area contributed by atoms with Crippen molar-refractivity contribution < 1.29 is 0 Å². The highest BCUT2D eigenvalue weighted by Gasteiger charge is 2.26. The minimum absolute atomic E-state index is 0.130. The highest BCUT2D eigenvalue weighted by molar-refractivity contribution is 7.11. The SMILES string of the molecule is CC(C)(C)c1ncc(CNC2CCCC2C#N)s1. The predicted octanol–water partition coefficient (Wildman–Crippen LogP) is 3.22. The van der Waals surface area contributed by atoms with Crippen LogP contribution in [0.3, 0.4) is 0 Å². The van der Waals surface area contributed by atoms with Gasteiger partial charge in [0.2, 0.25) is 0 Å². The Balaban J connectivity index is 1.91. The first-order chi connectivity index (χ1) is 8.50. The Labute approximate surface area is 113 Å². The van der Waals surface area contributed by atoms with Crippen molar-refractivity contribution in [1.29, 1.82) is 5.26 Å². The third-order valence-electron chi connectivity index (χ3n) is 3.42. The maximum atomic E-state index is 9.04. The highest BCUT2D eigenvalue weighted by atomic mass is 32.1. The second kappa shape index (κ2) is 5.38. The van der Waals surface area contributed by atoms with Crippen LogP contribution >= 0.6 is 11.3 Å². The number of thiazole rings is 1. The first-order valence-corrected chi connectivity index (χ1v) is 7.40. The highest BCUT2D eigenvalue weighted by Crippen LogP contribution is 2.28. The Kier molecular flexibility index (Phi) is 4.04. The lowest BCUT2D eigenvalue weighted by Crippen LogP contribution is -2.30. The molecular formula is C14H21N3S. The molecular weight excluding hydrogens is 242 g/mol. The van der Waals surface area contributed by atoms with Gasteiger partial charge in [0.15, 0.2) is 0 Å². The summed E-state index contributed by atoms with van der Waals surface area (Å²) in [6.07, 6.45) is 5.31. The summed E-state index contributed by atoms with van der Waals surface area (Å²) in [5, 5.41) is 13.7. The van der Waals surface area contributed by atoms with Crippen LogP contribution in [0, 0.1) is 17.2 Å². The number of aromatic nitrogens is 1. The van der Waals surface area contributed by atoms with E-state index in [1.807, 2.05) is 6.20 Å². The minimum atomic E-state index is 0.130. The van der Waals surface area contributed by atoms with Crippen molar-refractivity contribution in [3.63, 3.8) is 0 Å². The zero-order chi connectivity index (χ0) is 13.2. The molecule has 0 radical (unpaired) electrons. The van der Waals surface area contributed by atoms with E-state index in [1.165, 1.54) is 16.3 Å². The van der Waals surface area contributed by atoms with E-state index in [-0.39, 0.29) is 11.3 Å². The van der Waals surface area contributed by atoms with Crippen LogP contribution in [-0.4, -0.2) is 11.0 Å². The van der Waals surface area contributed by atoms with Gasteiger partial charge in [-0.2, -0.15) is 5.26 Å². The van der Waals surface area contributed by atoms with Crippen LogP contribution in [0.4, 0.5) is 0 Å². The van der Waals surface area contributed by atoms with Crippen molar-refractivity contribution in [1.82, 2.24) is 10.3 Å². The zero-order valence-corrected chi connectivity index (χ0v) is 12.2. The fourth-order valence-corrected chi connectivity index (χ4v) is 3.25. The molecule has 1 aromatic rings. The van der Waals surface area contributed by atoms with Crippen molar-refractivity contribution in [2.75, 3.05) is 0 Å². The summed E-state index contributed by atoms with van der Waals surface area (Å²) in [4.78, 5) is 5.75. The maximum Gasteiger partial charge on any atom is 0.0981 e.